The molecule has 1 aliphatic carbocycles. The SMILES string of the molecule is CCc1cccc(CC)c1NC(=O)c1nn(C)c2c1CCc1cnc([AsH]c3ccc(C(N)=O)cc3OC)nc1-2. The fourth-order valence-electron chi connectivity index (χ4n) is 5.04. The first-order valence-corrected chi connectivity index (χ1v) is 15.0. The van der Waals surface area contributed by atoms with E-state index in [0.29, 0.717) is 23.4 Å². The summed E-state index contributed by atoms with van der Waals surface area (Å²) in [7, 11) is 3.42. The molecule has 5 rings (SSSR count). The number of aryl methyl sites for hydroxylation is 4. The van der Waals surface area contributed by atoms with Crippen molar-refractivity contribution in [3.63, 3.8) is 0 Å². The first-order chi connectivity index (χ1) is 18.8. The molecule has 0 spiro atoms. The van der Waals surface area contributed by atoms with E-state index in [0.717, 1.165) is 67.6 Å². The molecule has 2 aromatic carbocycles. The molecule has 0 saturated heterocycles. The zero-order valence-corrected chi connectivity index (χ0v) is 24.6. The molecule has 2 aromatic heterocycles. The molecule has 3 N–H and O–H groups in total. The van der Waals surface area contributed by atoms with Crippen LogP contribution < -0.4 is 24.8 Å². The van der Waals surface area contributed by atoms with Gasteiger partial charge in [-0.3, -0.25) is 0 Å². The maximum atomic E-state index is 13.5. The van der Waals surface area contributed by atoms with Crippen LogP contribution in [0.3, 0.4) is 0 Å². The number of hydrogen-bond donors (Lipinski definition) is 2. The van der Waals surface area contributed by atoms with E-state index in [1.54, 1.807) is 23.9 Å². The molecule has 9 nitrogen and oxygen atoms in total. The average Bonchev–Trinajstić information content (AvgIpc) is 3.30. The van der Waals surface area contributed by atoms with E-state index < -0.39 is 21.7 Å². The molecule has 1 atom stereocenters. The van der Waals surface area contributed by atoms with Crippen molar-refractivity contribution >= 4 is 42.2 Å². The molecular formula is C29H31AsN6O3. The monoisotopic (exact) mass is 586 g/mol. The molecule has 0 aliphatic heterocycles. The summed E-state index contributed by atoms with van der Waals surface area (Å²) in [5, 5.41) is 7.82. The fourth-order valence-corrected chi connectivity index (χ4v) is 7.14. The Balaban J connectivity index is 1.48. The number of rotatable bonds is 8. The number of nitrogens with one attached hydrogen (secondary N) is 1. The number of aromatic nitrogens is 4. The van der Waals surface area contributed by atoms with Crippen molar-refractivity contribution in [1.29, 1.82) is 0 Å². The number of nitrogens with two attached hydrogens (primary N) is 1. The van der Waals surface area contributed by atoms with Crippen LogP contribution in [0, 0.1) is 0 Å². The fraction of sp³-hybridized carbons (Fsp3) is 0.276. The van der Waals surface area contributed by atoms with E-state index >= 15 is 0 Å². The van der Waals surface area contributed by atoms with Crippen molar-refractivity contribution in [3.05, 3.63) is 76.1 Å². The summed E-state index contributed by atoms with van der Waals surface area (Å²) in [5.74, 6) is -0.0999. The number of methoxy groups -OCH3 is 1. The summed E-state index contributed by atoms with van der Waals surface area (Å²) in [6.07, 6.45) is 4.96. The Morgan fingerprint density at radius 2 is 1.87 bits per heavy atom. The van der Waals surface area contributed by atoms with E-state index in [1.807, 2.05) is 25.4 Å². The van der Waals surface area contributed by atoms with E-state index in [-0.39, 0.29) is 5.91 Å². The predicted octanol–water partition coefficient (Wildman–Crippen LogP) is 1.85. The molecule has 200 valence electrons. The number of primary amides is 1. The molecule has 1 aliphatic rings. The molecule has 0 radical (unpaired) electrons. The molecule has 4 aromatic rings. The molecule has 1 unspecified atom stereocenters. The van der Waals surface area contributed by atoms with Gasteiger partial charge >= 0.3 is 234 Å². The topological polar surface area (TPSA) is 125 Å². The molecule has 0 bridgehead atoms. The van der Waals surface area contributed by atoms with Gasteiger partial charge in [-0.1, -0.05) is 0 Å². The zero-order chi connectivity index (χ0) is 27.7. The van der Waals surface area contributed by atoms with Crippen LogP contribution >= 0.6 is 0 Å². The maximum absolute atomic E-state index is 13.5. The summed E-state index contributed by atoms with van der Waals surface area (Å²) in [6.45, 7) is 4.18. The van der Waals surface area contributed by atoms with E-state index in [4.69, 9.17) is 15.5 Å². The summed E-state index contributed by atoms with van der Waals surface area (Å²) >= 11 is -0.975. The number of hydrogen-bond acceptors (Lipinski definition) is 6. The van der Waals surface area contributed by atoms with Crippen LogP contribution in [0.5, 0.6) is 5.75 Å². The Kier molecular flexibility index (Phi) is 7.53. The Morgan fingerprint density at radius 1 is 1.13 bits per heavy atom. The number of nitrogens with zero attached hydrogens (tertiary/aromatic N) is 4. The van der Waals surface area contributed by atoms with Crippen molar-refractivity contribution in [2.45, 2.75) is 39.5 Å². The quantitative estimate of drug-likeness (QED) is 0.304. The van der Waals surface area contributed by atoms with Gasteiger partial charge in [0.25, 0.3) is 0 Å². The summed E-state index contributed by atoms with van der Waals surface area (Å²) in [4.78, 5) is 34.7. The second kappa shape index (κ2) is 11.0. The number of para-hydroxylation sites is 1. The molecule has 2 amide bonds. The Bertz CT molecular complexity index is 1570. The first kappa shape index (κ1) is 26.6. The van der Waals surface area contributed by atoms with Crippen LogP contribution in [0.25, 0.3) is 11.4 Å². The summed E-state index contributed by atoms with van der Waals surface area (Å²) in [6, 6.07) is 11.4. The molecule has 0 fully saturated rings. The van der Waals surface area contributed by atoms with Gasteiger partial charge in [0.05, 0.1) is 0 Å². The van der Waals surface area contributed by atoms with Gasteiger partial charge in [-0.2, -0.15) is 0 Å². The second-order valence-electron chi connectivity index (χ2n) is 9.38. The standard InChI is InChI=1S/C29H31AsN6O3/c1-5-16-8-7-9-17(6-2)23(16)33-28(38)25-20-12-10-19-15-32-29(34-24(19)26(20)36(3)35-25)30-21-13-11-18(27(31)37)14-22(21)39-4/h7-9,11,13-15,30H,5-6,10,12H2,1-4H3,(H2,31,37)(H,33,38). The van der Waals surface area contributed by atoms with Gasteiger partial charge < -0.3 is 0 Å². The minimum absolute atomic E-state index is 0.201. The molecule has 10 heteroatoms. The van der Waals surface area contributed by atoms with Crippen LogP contribution in [-0.4, -0.2) is 54.4 Å². The zero-order valence-electron chi connectivity index (χ0n) is 22.5. The summed E-state index contributed by atoms with van der Waals surface area (Å²) < 4.78 is 8.96. The Morgan fingerprint density at radius 3 is 2.54 bits per heavy atom. The number of carbonyl (C=O) groups is 2. The number of anilines is 1. The Hall–Kier alpha value is -3.97. The number of ether oxygens (including phenoxy) is 1. The third-order valence-electron chi connectivity index (χ3n) is 7.06. The van der Waals surface area contributed by atoms with Crippen molar-refractivity contribution in [3.8, 4) is 17.1 Å². The predicted molar refractivity (Wildman–Crippen MR) is 153 cm³/mol. The number of fused-ring (bicyclic) bond motifs is 3. The second-order valence-corrected chi connectivity index (χ2v) is 12.0. The van der Waals surface area contributed by atoms with Gasteiger partial charge in [0.2, 0.25) is 0 Å². The normalized spacial score (nSPS) is 12.3. The van der Waals surface area contributed by atoms with Gasteiger partial charge in [-0.25, -0.2) is 0 Å². The Labute approximate surface area is 233 Å². The van der Waals surface area contributed by atoms with Crippen LogP contribution in [0.15, 0.2) is 42.6 Å². The number of benzene rings is 2. The average molecular weight is 587 g/mol. The van der Waals surface area contributed by atoms with Crippen molar-refractivity contribution in [2.75, 3.05) is 12.4 Å². The van der Waals surface area contributed by atoms with Crippen molar-refractivity contribution in [2.24, 2.45) is 12.8 Å². The summed E-state index contributed by atoms with van der Waals surface area (Å²) in [5.41, 5.74) is 13.0. The van der Waals surface area contributed by atoms with Gasteiger partial charge in [0.1, 0.15) is 0 Å². The van der Waals surface area contributed by atoms with E-state index in [9.17, 15) is 9.59 Å². The number of amides is 2. The third kappa shape index (κ3) is 5.06. The van der Waals surface area contributed by atoms with E-state index in [1.165, 1.54) is 0 Å². The molecule has 2 heterocycles. The van der Waals surface area contributed by atoms with Crippen molar-refractivity contribution < 1.29 is 14.3 Å². The van der Waals surface area contributed by atoms with Crippen LogP contribution in [0.1, 0.15) is 56.9 Å². The van der Waals surface area contributed by atoms with Crippen LogP contribution in [0.4, 0.5) is 5.69 Å². The van der Waals surface area contributed by atoms with Crippen molar-refractivity contribution in [1.82, 2.24) is 19.7 Å². The third-order valence-corrected chi connectivity index (χ3v) is 9.47. The molecular weight excluding hydrogens is 555 g/mol. The van der Waals surface area contributed by atoms with Crippen LogP contribution in [0.2, 0.25) is 0 Å². The molecule has 0 saturated carbocycles. The first-order valence-electron chi connectivity index (χ1n) is 12.9. The van der Waals surface area contributed by atoms with Gasteiger partial charge in [0, 0.05) is 0 Å². The molecule has 39 heavy (non-hydrogen) atoms. The van der Waals surface area contributed by atoms with Gasteiger partial charge in [0.15, 0.2) is 0 Å². The number of carbonyl (C=O) groups excluding carboxylic acids is 2. The minimum atomic E-state index is -0.975. The van der Waals surface area contributed by atoms with E-state index in [2.05, 4.69) is 41.4 Å². The van der Waals surface area contributed by atoms with Crippen LogP contribution in [-0.2, 0) is 32.7 Å². The van der Waals surface area contributed by atoms with Gasteiger partial charge in [-0.15, -0.1) is 0 Å². The van der Waals surface area contributed by atoms with Gasteiger partial charge in [-0.05, 0) is 0 Å².